The standard InChI is InChI=1S/C21H23N3O3S/c1-10-7-8-16(9-11(10)2)20-23-24-21(27-20)28-15(6)19(26)18-12(3)17(14(5)25)13(4)22-18/h7-9,15,22H,1-6H3/t15-/m1/s1. The third kappa shape index (κ3) is 3.80. The van der Waals surface area contributed by atoms with E-state index in [1.807, 2.05) is 32.0 Å². The summed E-state index contributed by atoms with van der Waals surface area (Å²) in [5.41, 5.74) is 5.62. The molecule has 0 bridgehead atoms. The number of nitrogens with zero attached hydrogens (tertiary/aromatic N) is 2. The molecule has 2 heterocycles. The highest BCUT2D eigenvalue weighted by molar-refractivity contribution is 8.00. The van der Waals surface area contributed by atoms with Crippen molar-refractivity contribution in [2.45, 2.75) is 52.0 Å². The number of ketones is 2. The molecular formula is C21H23N3O3S. The Labute approximate surface area is 168 Å². The molecule has 6 nitrogen and oxygen atoms in total. The Balaban J connectivity index is 1.78. The van der Waals surface area contributed by atoms with Crippen LogP contribution < -0.4 is 0 Å². The highest BCUT2D eigenvalue weighted by Crippen LogP contribution is 2.30. The molecular weight excluding hydrogens is 374 g/mol. The number of rotatable bonds is 6. The van der Waals surface area contributed by atoms with E-state index >= 15 is 0 Å². The van der Waals surface area contributed by atoms with Crippen molar-refractivity contribution in [3.63, 3.8) is 0 Å². The van der Waals surface area contributed by atoms with Gasteiger partial charge in [0.1, 0.15) is 0 Å². The van der Waals surface area contributed by atoms with E-state index in [1.165, 1.54) is 24.2 Å². The maximum atomic E-state index is 12.9. The Morgan fingerprint density at radius 3 is 2.43 bits per heavy atom. The molecule has 0 fully saturated rings. The third-order valence-electron chi connectivity index (χ3n) is 4.84. The van der Waals surface area contributed by atoms with Crippen LogP contribution in [0.2, 0.25) is 0 Å². The van der Waals surface area contributed by atoms with E-state index in [2.05, 4.69) is 15.2 Å². The van der Waals surface area contributed by atoms with Gasteiger partial charge in [0.15, 0.2) is 11.6 Å². The fourth-order valence-corrected chi connectivity index (χ4v) is 3.92. The van der Waals surface area contributed by atoms with Crippen LogP contribution in [0.4, 0.5) is 0 Å². The first kappa shape index (κ1) is 20.1. The van der Waals surface area contributed by atoms with Gasteiger partial charge in [-0.3, -0.25) is 9.59 Å². The maximum absolute atomic E-state index is 12.9. The van der Waals surface area contributed by atoms with Crippen LogP contribution in [-0.2, 0) is 0 Å². The number of carbonyl (C=O) groups is 2. The van der Waals surface area contributed by atoms with E-state index in [-0.39, 0.29) is 11.6 Å². The van der Waals surface area contributed by atoms with Crippen molar-refractivity contribution in [3.05, 3.63) is 51.8 Å². The molecule has 3 rings (SSSR count). The van der Waals surface area contributed by atoms with Crippen LogP contribution in [0.25, 0.3) is 11.5 Å². The van der Waals surface area contributed by atoms with Gasteiger partial charge in [0.05, 0.1) is 10.9 Å². The zero-order chi connectivity index (χ0) is 20.6. The number of benzene rings is 1. The monoisotopic (exact) mass is 397 g/mol. The molecule has 1 atom stereocenters. The van der Waals surface area contributed by atoms with Gasteiger partial charge in [0, 0.05) is 16.8 Å². The van der Waals surface area contributed by atoms with Gasteiger partial charge in [0.25, 0.3) is 5.22 Å². The van der Waals surface area contributed by atoms with Crippen LogP contribution in [0.15, 0.2) is 27.8 Å². The van der Waals surface area contributed by atoms with Crippen molar-refractivity contribution >= 4 is 23.3 Å². The van der Waals surface area contributed by atoms with Crippen LogP contribution in [0.5, 0.6) is 0 Å². The van der Waals surface area contributed by atoms with Gasteiger partial charge in [0.2, 0.25) is 5.89 Å². The molecule has 3 aromatic rings. The van der Waals surface area contributed by atoms with Crippen LogP contribution in [0.1, 0.15) is 57.1 Å². The van der Waals surface area contributed by atoms with Crippen molar-refractivity contribution in [3.8, 4) is 11.5 Å². The lowest BCUT2D eigenvalue weighted by atomic mass is 10.0. The lowest BCUT2D eigenvalue weighted by molar-refractivity contribution is 0.0988. The van der Waals surface area contributed by atoms with Crippen LogP contribution >= 0.6 is 11.8 Å². The van der Waals surface area contributed by atoms with Crippen molar-refractivity contribution in [2.75, 3.05) is 0 Å². The van der Waals surface area contributed by atoms with Crippen molar-refractivity contribution in [1.29, 1.82) is 0 Å². The minimum absolute atomic E-state index is 0.0551. The molecule has 0 aliphatic rings. The van der Waals surface area contributed by atoms with Gasteiger partial charge in [-0.15, -0.1) is 10.2 Å². The van der Waals surface area contributed by atoms with Gasteiger partial charge in [-0.2, -0.15) is 0 Å². The second kappa shape index (κ2) is 7.75. The number of H-pyrrole nitrogens is 1. The molecule has 1 N–H and O–H groups in total. The minimum Gasteiger partial charge on any atom is -0.411 e. The summed E-state index contributed by atoms with van der Waals surface area (Å²) < 4.78 is 5.74. The number of aromatic amines is 1. The molecule has 0 aliphatic heterocycles. The number of aryl methyl sites for hydroxylation is 3. The number of hydrogen-bond donors (Lipinski definition) is 1. The summed E-state index contributed by atoms with van der Waals surface area (Å²) in [6, 6.07) is 5.95. The van der Waals surface area contributed by atoms with Gasteiger partial charge in [-0.05, 0) is 70.4 Å². The molecule has 2 aromatic heterocycles. The summed E-state index contributed by atoms with van der Waals surface area (Å²) in [6.45, 7) is 10.9. The topological polar surface area (TPSA) is 88.9 Å². The lowest BCUT2D eigenvalue weighted by Gasteiger charge is -2.07. The molecule has 7 heteroatoms. The summed E-state index contributed by atoms with van der Waals surface area (Å²) in [4.78, 5) is 27.7. The first-order valence-corrected chi connectivity index (χ1v) is 9.89. The SMILES string of the molecule is CC(=O)c1c(C)[nH]c(C(=O)[C@@H](C)Sc2nnc(-c3ccc(C)c(C)c3)o2)c1C. The molecule has 0 saturated carbocycles. The molecule has 1 aromatic carbocycles. The summed E-state index contributed by atoms with van der Waals surface area (Å²) in [5.74, 6) is 0.264. The molecule has 28 heavy (non-hydrogen) atoms. The molecule has 0 aliphatic carbocycles. The number of hydrogen-bond acceptors (Lipinski definition) is 6. The predicted molar refractivity (Wildman–Crippen MR) is 109 cm³/mol. The summed E-state index contributed by atoms with van der Waals surface area (Å²) in [6.07, 6.45) is 0. The number of carbonyl (C=O) groups excluding carboxylic acids is 2. The van der Waals surface area contributed by atoms with E-state index in [0.29, 0.717) is 33.6 Å². The molecule has 0 saturated heterocycles. The van der Waals surface area contributed by atoms with E-state index in [1.54, 1.807) is 20.8 Å². The fourth-order valence-electron chi connectivity index (χ4n) is 3.18. The first-order chi connectivity index (χ1) is 13.2. The Hall–Kier alpha value is -2.67. The average molecular weight is 398 g/mol. The largest absolute Gasteiger partial charge is 0.411 e. The second-order valence-electron chi connectivity index (χ2n) is 6.98. The van der Waals surface area contributed by atoms with Crippen molar-refractivity contribution in [2.24, 2.45) is 0 Å². The Morgan fingerprint density at radius 1 is 1.11 bits per heavy atom. The zero-order valence-corrected chi connectivity index (χ0v) is 17.7. The summed E-state index contributed by atoms with van der Waals surface area (Å²) >= 11 is 1.21. The van der Waals surface area contributed by atoms with E-state index in [0.717, 1.165) is 11.1 Å². The quantitative estimate of drug-likeness (QED) is 0.472. The van der Waals surface area contributed by atoms with Crippen LogP contribution in [0.3, 0.4) is 0 Å². The zero-order valence-electron chi connectivity index (χ0n) is 16.8. The van der Waals surface area contributed by atoms with E-state index in [4.69, 9.17) is 4.42 Å². The average Bonchev–Trinajstić information content (AvgIpc) is 3.20. The summed E-state index contributed by atoms with van der Waals surface area (Å²) in [7, 11) is 0. The number of nitrogens with one attached hydrogen (secondary N) is 1. The minimum atomic E-state index is -0.440. The van der Waals surface area contributed by atoms with E-state index in [9.17, 15) is 9.59 Å². The lowest BCUT2D eigenvalue weighted by Crippen LogP contribution is -2.15. The predicted octanol–water partition coefficient (Wildman–Crippen LogP) is 4.86. The molecule has 0 amide bonds. The van der Waals surface area contributed by atoms with Gasteiger partial charge in [-0.25, -0.2) is 0 Å². The molecule has 146 valence electrons. The number of thioether (sulfide) groups is 1. The fraction of sp³-hybridized carbons (Fsp3) is 0.333. The first-order valence-electron chi connectivity index (χ1n) is 9.01. The Morgan fingerprint density at radius 2 is 1.82 bits per heavy atom. The van der Waals surface area contributed by atoms with Crippen LogP contribution in [0, 0.1) is 27.7 Å². The van der Waals surface area contributed by atoms with Gasteiger partial charge in [-0.1, -0.05) is 17.8 Å². The maximum Gasteiger partial charge on any atom is 0.277 e. The van der Waals surface area contributed by atoms with Gasteiger partial charge >= 0.3 is 0 Å². The van der Waals surface area contributed by atoms with Gasteiger partial charge < -0.3 is 9.40 Å². The highest BCUT2D eigenvalue weighted by Gasteiger charge is 2.25. The highest BCUT2D eigenvalue weighted by atomic mass is 32.2. The second-order valence-corrected chi connectivity index (χ2v) is 8.27. The Kier molecular flexibility index (Phi) is 5.56. The van der Waals surface area contributed by atoms with E-state index < -0.39 is 5.25 Å². The third-order valence-corrected chi connectivity index (χ3v) is 5.78. The molecule has 0 spiro atoms. The van der Waals surface area contributed by atoms with Crippen molar-refractivity contribution in [1.82, 2.24) is 15.2 Å². The summed E-state index contributed by atoms with van der Waals surface area (Å²) in [5, 5.41) is 8.06. The molecule has 0 radical (unpaired) electrons. The van der Waals surface area contributed by atoms with Crippen molar-refractivity contribution < 1.29 is 14.0 Å². The molecule has 0 unspecified atom stereocenters. The number of Topliss-reactive ketones (excluding diaryl/α,β-unsaturated/α-hetero) is 2. The van der Waals surface area contributed by atoms with Crippen LogP contribution in [-0.4, -0.2) is 32.0 Å². The smallest absolute Gasteiger partial charge is 0.277 e. The number of aromatic nitrogens is 3. The Bertz CT molecular complexity index is 1070. The normalized spacial score (nSPS) is 12.2.